The Morgan fingerprint density at radius 2 is 1.96 bits per heavy atom. The minimum Gasteiger partial charge on any atom is -0.489 e. The number of aryl methyl sites for hydroxylation is 1. The van der Waals surface area contributed by atoms with Crippen LogP contribution in [0.2, 0.25) is 0 Å². The Labute approximate surface area is 160 Å². The van der Waals surface area contributed by atoms with Gasteiger partial charge in [0.1, 0.15) is 18.1 Å². The van der Waals surface area contributed by atoms with Crippen molar-refractivity contribution in [3.8, 4) is 11.5 Å². The van der Waals surface area contributed by atoms with Crippen molar-refractivity contribution in [1.82, 2.24) is 5.43 Å². The second-order valence-corrected chi connectivity index (χ2v) is 6.40. The van der Waals surface area contributed by atoms with Crippen LogP contribution in [0.4, 0.5) is 0 Å². The van der Waals surface area contributed by atoms with Crippen LogP contribution in [-0.4, -0.2) is 25.3 Å². The molecular formula is C22H26N2O3. The fraction of sp³-hybridized carbons (Fsp3) is 0.273. The molecule has 0 bridgehead atoms. The molecule has 0 aliphatic rings. The summed E-state index contributed by atoms with van der Waals surface area (Å²) >= 11 is 0. The predicted octanol–water partition coefficient (Wildman–Crippen LogP) is 4.21. The Balaban J connectivity index is 1.91. The molecule has 0 aromatic heterocycles. The molecular weight excluding hydrogens is 340 g/mol. The van der Waals surface area contributed by atoms with Gasteiger partial charge in [-0.3, -0.25) is 4.79 Å². The Hall–Kier alpha value is -3.08. The van der Waals surface area contributed by atoms with E-state index in [1.54, 1.807) is 12.3 Å². The minimum absolute atomic E-state index is 0.103. The van der Waals surface area contributed by atoms with Crippen molar-refractivity contribution in [2.24, 2.45) is 5.10 Å². The predicted molar refractivity (Wildman–Crippen MR) is 109 cm³/mol. The molecule has 1 amide bonds. The van der Waals surface area contributed by atoms with Gasteiger partial charge >= 0.3 is 0 Å². The molecule has 5 heteroatoms. The molecule has 0 aliphatic heterocycles. The lowest BCUT2D eigenvalue weighted by Crippen LogP contribution is -2.24. The normalized spacial score (nSPS) is 10.8. The highest BCUT2D eigenvalue weighted by atomic mass is 16.5. The zero-order valence-electron chi connectivity index (χ0n) is 16.1. The third-order valence-corrected chi connectivity index (χ3v) is 3.91. The highest BCUT2D eigenvalue weighted by Gasteiger charge is 2.07. The molecule has 0 atom stereocenters. The summed E-state index contributed by atoms with van der Waals surface area (Å²) in [6.07, 6.45) is 3.21. The summed E-state index contributed by atoms with van der Waals surface area (Å²) in [5.41, 5.74) is 5.40. The van der Waals surface area contributed by atoms with Gasteiger partial charge in [-0.2, -0.15) is 5.10 Å². The second kappa shape index (κ2) is 10.2. The van der Waals surface area contributed by atoms with E-state index in [4.69, 9.17) is 9.47 Å². The Kier molecular flexibility index (Phi) is 7.62. The van der Waals surface area contributed by atoms with Gasteiger partial charge in [-0.15, -0.1) is 0 Å². The van der Waals surface area contributed by atoms with Crippen molar-refractivity contribution in [1.29, 1.82) is 0 Å². The first-order valence-corrected chi connectivity index (χ1v) is 8.89. The van der Waals surface area contributed by atoms with Crippen molar-refractivity contribution in [3.63, 3.8) is 0 Å². The average Bonchev–Trinajstić information content (AvgIpc) is 2.66. The third-order valence-electron chi connectivity index (χ3n) is 3.91. The number of carbonyl (C=O) groups is 1. The Morgan fingerprint density at radius 3 is 2.70 bits per heavy atom. The average molecular weight is 366 g/mol. The number of nitrogens with zero attached hydrogens (tertiary/aromatic N) is 1. The molecule has 0 saturated carbocycles. The molecule has 0 aliphatic carbocycles. The van der Waals surface area contributed by atoms with E-state index < -0.39 is 0 Å². The number of benzene rings is 2. The summed E-state index contributed by atoms with van der Waals surface area (Å²) in [5.74, 6) is 1.45. The molecule has 0 radical (unpaired) electrons. The van der Waals surface area contributed by atoms with Gasteiger partial charge in [-0.1, -0.05) is 50.8 Å². The number of hydrazone groups is 1. The zero-order valence-corrected chi connectivity index (χ0v) is 16.1. The van der Waals surface area contributed by atoms with Crippen LogP contribution in [0.3, 0.4) is 0 Å². The summed E-state index contributed by atoms with van der Waals surface area (Å²) in [5, 5.41) is 3.98. The van der Waals surface area contributed by atoms with Crippen LogP contribution in [0.15, 0.2) is 60.2 Å². The fourth-order valence-corrected chi connectivity index (χ4v) is 2.35. The van der Waals surface area contributed by atoms with Crippen LogP contribution in [0.1, 0.15) is 36.5 Å². The number of para-hydroxylation sites is 1. The first-order valence-electron chi connectivity index (χ1n) is 8.89. The summed E-state index contributed by atoms with van der Waals surface area (Å²) in [7, 11) is 0. The van der Waals surface area contributed by atoms with Crippen molar-refractivity contribution in [2.45, 2.75) is 26.7 Å². The number of amides is 1. The van der Waals surface area contributed by atoms with Crippen molar-refractivity contribution in [3.05, 3.63) is 71.8 Å². The van der Waals surface area contributed by atoms with Gasteiger partial charge in [0.25, 0.3) is 5.91 Å². The van der Waals surface area contributed by atoms with Crippen LogP contribution < -0.4 is 14.9 Å². The van der Waals surface area contributed by atoms with Gasteiger partial charge in [0.05, 0.1) is 6.21 Å². The molecule has 0 fully saturated rings. The SMILES string of the molecule is C=CCOc1ccccc1C=NNC(=O)COc1cc(C(C)C)ccc1C. The van der Waals surface area contributed by atoms with E-state index in [0.717, 1.165) is 11.1 Å². The van der Waals surface area contributed by atoms with E-state index in [2.05, 4.69) is 37.0 Å². The largest absolute Gasteiger partial charge is 0.489 e. The van der Waals surface area contributed by atoms with E-state index in [-0.39, 0.29) is 12.5 Å². The number of hydrogen-bond acceptors (Lipinski definition) is 4. The molecule has 0 spiro atoms. The van der Waals surface area contributed by atoms with Crippen molar-refractivity contribution >= 4 is 12.1 Å². The molecule has 2 rings (SSSR count). The van der Waals surface area contributed by atoms with Gasteiger partial charge < -0.3 is 9.47 Å². The van der Waals surface area contributed by atoms with E-state index in [0.29, 0.717) is 24.0 Å². The summed E-state index contributed by atoms with van der Waals surface area (Å²) in [6, 6.07) is 13.5. The standard InChI is InChI=1S/C22H26N2O3/c1-5-12-26-20-9-7-6-8-19(20)14-23-24-22(25)15-27-21-13-18(16(2)3)11-10-17(21)4/h5-11,13-14,16H,1,12,15H2,2-4H3,(H,24,25). The summed E-state index contributed by atoms with van der Waals surface area (Å²) in [4.78, 5) is 12.0. The molecule has 27 heavy (non-hydrogen) atoms. The van der Waals surface area contributed by atoms with Crippen molar-refractivity contribution < 1.29 is 14.3 Å². The van der Waals surface area contributed by atoms with Crippen LogP contribution in [0.25, 0.3) is 0 Å². The molecule has 142 valence electrons. The quantitative estimate of drug-likeness (QED) is 0.411. The minimum atomic E-state index is -0.329. The molecule has 5 nitrogen and oxygen atoms in total. The van der Waals surface area contributed by atoms with E-state index in [1.807, 2.05) is 43.3 Å². The highest BCUT2D eigenvalue weighted by molar-refractivity contribution is 5.85. The monoisotopic (exact) mass is 366 g/mol. The second-order valence-electron chi connectivity index (χ2n) is 6.40. The van der Waals surface area contributed by atoms with E-state index in [1.165, 1.54) is 5.56 Å². The van der Waals surface area contributed by atoms with E-state index in [9.17, 15) is 4.79 Å². The lowest BCUT2D eigenvalue weighted by molar-refractivity contribution is -0.123. The number of rotatable bonds is 9. The number of hydrogen-bond donors (Lipinski definition) is 1. The maximum atomic E-state index is 12.0. The smallest absolute Gasteiger partial charge is 0.277 e. The molecule has 0 unspecified atom stereocenters. The Morgan fingerprint density at radius 1 is 1.19 bits per heavy atom. The van der Waals surface area contributed by atoms with Gasteiger partial charge in [0, 0.05) is 5.56 Å². The van der Waals surface area contributed by atoms with Crippen LogP contribution >= 0.6 is 0 Å². The van der Waals surface area contributed by atoms with Crippen LogP contribution in [0.5, 0.6) is 11.5 Å². The number of nitrogens with one attached hydrogen (secondary N) is 1. The topological polar surface area (TPSA) is 59.9 Å². The lowest BCUT2D eigenvalue weighted by atomic mass is 10.0. The zero-order chi connectivity index (χ0) is 19.6. The fourth-order valence-electron chi connectivity index (χ4n) is 2.35. The molecule has 1 N–H and O–H groups in total. The van der Waals surface area contributed by atoms with Gasteiger partial charge in [0.15, 0.2) is 6.61 Å². The molecule has 2 aromatic carbocycles. The van der Waals surface area contributed by atoms with E-state index >= 15 is 0 Å². The number of carbonyl (C=O) groups excluding carboxylic acids is 1. The first-order chi connectivity index (χ1) is 13.0. The third kappa shape index (κ3) is 6.29. The van der Waals surface area contributed by atoms with Crippen molar-refractivity contribution in [2.75, 3.05) is 13.2 Å². The Bertz CT molecular complexity index is 813. The van der Waals surface area contributed by atoms with Crippen LogP contribution in [-0.2, 0) is 4.79 Å². The van der Waals surface area contributed by atoms with Gasteiger partial charge in [-0.25, -0.2) is 5.43 Å². The van der Waals surface area contributed by atoms with Crippen LogP contribution in [0, 0.1) is 6.92 Å². The molecule has 0 heterocycles. The maximum absolute atomic E-state index is 12.0. The maximum Gasteiger partial charge on any atom is 0.277 e. The molecule has 2 aromatic rings. The summed E-state index contributed by atoms with van der Waals surface area (Å²) in [6.45, 7) is 10.1. The van der Waals surface area contributed by atoms with Gasteiger partial charge in [0.2, 0.25) is 0 Å². The summed E-state index contributed by atoms with van der Waals surface area (Å²) < 4.78 is 11.2. The first kappa shape index (κ1) is 20.2. The molecule has 0 saturated heterocycles. The highest BCUT2D eigenvalue weighted by Crippen LogP contribution is 2.24. The number of ether oxygens (including phenoxy) is 2. The lowest BCUT2D eigenvalue weighted by Gasteiger charge is -2.12. The van der Waals surface area contributed by atoms with Gasteiger partial charge in [-0.05, 0) is 42.2 Å².